The van der Waals surface area contributed by atoms with Crippen LogP contribution in [0.15, 0.2) is 0 Å². The Kier molecular flexibility index (Phi) is 33.5. The molecule has 0 rings (SSSR count). The molecule has 0 aromatic carbocycles. The van der Waals surface area contributed by atoms with Gasteiger partial charge in [0, 0.05) is 18.3 Å². The first-order valence-corrected chi connectivity index (χ1v) is 4.24. The van der Waals surface area contributed by atoms with E-state index in [4.69, 9.17) is 15.3 Å². The van der Waals surface area contributed by atoms with Crippen molar-refractivity contribution in [2.45, 2.75) is 59.9 Å². The van der Waals surface area contributed by atoms with Gasteiger partial charge in [0.25, 0.3) is 0 Å². The maximum absolute atomic E-state index is 8.06. The zero-order valence-corrected chi connectivity index (χ0v) is 9.07. The van der Waals surface area contributed by atoms with Crippen LogP contribution in [0.5, 0.6) is 0 Å². The van der Waals surface area contributed by atoms with Gasteiger partial charge in [0.15, 0.2) is 0 Å². The van der Waals surface area contributed by atoms with E-state index in [1.165, 1.54) is 0 Å². The monoisotopic (exact) mass is 298 g/mol. The van der Waals surface area contributed by atoms with Crippen LogP contribution in [-0.2, 0) is 0 Å². The average molecular weight is 298 g/mol. The Hall–Kier alpha value is 0.750. The topological polar surface area (TPSA) is 60.7 Å². The molecule has 3 N–H and O–H groups in total. The molecule has 0 unspecified atom stereocenters. The van der Waals surface area contributed by atoms with Crippen LogP contribution >= 0.6 is 0 Å². The fourth-order valence-electron chi connectivity index (χ4n) is 0. The van der Waals surface area contributed by atoms with E-state index in [1.807, 2.05) is 0 Å². The molecule has 0 radical (unpaired) electrons. The van der Waals surface area contributed by atoms with E-state index in [1.54, 1.807) is 41.5 Å². The summed E-state index contributed by atoms with van der Waals surface area (Å²) in [5.41, 5.74) is 0. The second-order valence-corrected chi connectivity index (χ2v) is 3.28. The van der Waals surface area contributed by atoms with Crippen molar-refractivity contribution in [3.8, 4) is 0 Å². The van der Waals surface area contributed by atoms with Gasteiger partial charge in [-0.25, -0.2) is 0 Å². The van der Waals surface area contributed by atoms with Crippen LogP contribution in [0.1, 0.15) is 41.5 Å². The summed E-state index contributed by atoms with van der Waals surface area (Å²) in [6.07, 6.45) is -0.500. The van der Waals surface area contributed by atoms with Gasteiger partial charge < -0.3 is 15.3 Å². The van der Waals surface area contributed by atoms with E-state index in [0.29, 0.717) is 0 Å². The predicted molar refractivity (Wildman–Crippen MR) is 62.0 cm³/mol. The van der Waals surface area contributed by atoms with E-state index < -0.39 is 0 Å². The van der Waals surface area contributed by atoms with Gasteiger partial charge in [-0.2, -0.15) is 0 Å². The molecule has 0 fully saturated rings. The molecule has 0 saturated carbocycles. The van der Waals surface area contributed by atoms with Gasteiger partial charge in [0.2, 0.25) is 0 Å². The zero-order valence-electron chi connectivity index (χ0n) is 9.07. The van der Waals surface area contributed by atoms with Crippen molar-refractivity contribution < 1.29 is 15.3 Å². The first-order valence-electron chi connectivity index (χ1n) is 4.24. The van der Waals surface area contributed by atoms with Crippen molar-refractivity contribution >= 4 is 25.8 Å². The molecule has 0 aliphatic rings. The molecular weight excluding hydrogens is 271 g/mol. The maximum atomic E-state index is 8.06. The quantitative estimate of drug-likeness (QED) is 0.589. The first-order chi connectivity index (χ1) is 5.20. The van der Waals surface area contributed by atoms with Gasteiger partial charge in [-0.15, -0.1) is 0 Å². The average Bonchev–Trinajstić information content (AvgIpc) is 1.54. The van der Waals surface area contributed by atoms with E-state index in [9.17, 15) is 0 Å². The molecule has 0 bridgehead atoms. The summed E-state index contributed by atoms with van der Waals surface area (Å²) >= 11 is 0. The van der Waals surface area contributed by atoms with Crippen LogP contribution in [0.3, 0.4) is 0 Å². The molecule has 13 heavy (non-hydrogen) atoms. The number of hydrogen-bond donors (Lipinski definition) is 3. The SMILES string of the molecule is CC(C)O.CC(C)O.CC(C)O.[InH3]. The third-order valence-corrected chi connectivity index (χ3v) is 0. The predicted octanol–water partition coefficient (Wildman–Crippen LogP) is -0.0226. The third-order valence-electron chi connectivity index (χ3n) is 0. The molecule has 0 aliphatic carbocycles. The Labute approximate surface area is 101 Å². The molecule has 4 heteroatoms. The van der Waals surface area contributed by atoms with E-state index in [-0.39, 0.29) is 44.2 Å². The number of aliphatic hydroxyl groups is 3. The third kappa shape index (κ3) is 2620. The first kappa shape index (κ1) is 23.5. The minimum atomic E-state index is -0.167. The second-order valence-electron chi connectivity index (χ2n) is 3.28. The summed E-state index contributed by atoms with van der Waals surface area (Å²) in [6, 6.07) is 0. The van der Waals surface area contributed by atoms with Crippen molar-refractivity contribution in [2.24, 2.45) is 0 Å². The Balaban J connectivity index is -0.0000000450. The van der Waals surface area contributed by atoms with Crippen LogP contribution in [0.25, 0.3) is 0 Å². The standard InChI is InChI=1S/3C3H8O.In.3H/c3*1-3(2)4;;;;/h3*3-4H,1-2H3;;;;. The fourth-order valence-corrected chi connectivity index (χ4v) is 0. The van der Waals surface area contributed by atoms with Crippen LogP contribution < -0.4 is 0 Å². The molecule has 0 spiro atoms. The molecule has 0 aromatic heterocycles. The summed E-state index contributed by atoms with van der Waals surface area (Å²) in [5.74, 6) is 0. The Morgan fingerprint density at radius 2 is 0.538 bits per heavy atom. The summed E-state index contributed by atoms with van der Waals surface area (Å²) in [6.45, 7) is 10.3. The van der Waals surface area contributed by atoms with Gasteiger partial charge in [-0.05, 0) is 41.5 Å². The van der Waals surface area contributed by atoms with Gasteiger partial charge >= 0.3 is 25.8 Å². The summed E-state index contributed by atoms with van der Waals surface area (Å²) in [4.78, 5) is 0. The second kappa shape index (κ2) is 18.5. The van der Waals surface area contributed by atoms with E-state index >= 15 is 0 Å². The molecule has 0 amide bonds. The van der Waals surface area contributed by atoms with Gasteiger partial charge in [0.1, 0.15) is 0 Å². The molecule has 0 aliphatic heterocycles. The van der Waals surface area contributed by atoms with Crippen molar-refractivity contribution in [1.29, 1.82) is 0 Å². The molecular formula is C9H27InO3. The number of hydrogen-bond acceptors (Lipinski definition) is 3. The molecule has 0 aromatic rings. The van der Waals surface area contributed by atoms with E-state index in [2.05, 4.69) is 0 Å². The minimum absolute atomic E-state index is 0. The molecule has 0 atom stereocenters. The Morgan fingerprint density at radius 3 is 0.538 bits per heavy atom. The van der Waals surface area contributed by atoms with Crippen LogP contribution in [-0.4, -0.2) is 59.5 Å². The van der Waals surface area contributed by atoms with Crippen molar-refractivity contribution in [3.63, 3.8) is 0 Å². The van der Waals surface area contributed by atoms with Crippen molar-refractivity contribution in [2.75, 3.05) is 0 Å². The fraction of sp³-hybridized carbons (Fsp3) is 1.00. The van der Waals surface area contributed by atoms with Gasteiger partial charge in [-0.3, -0.25) is 0 Å². The number of rotatable bonds is 0. The van der Waals surface area contributed by atoms with E-state index in [0.717, 1.165) is 0 Å². The summed E-state index contributed by atoms with van der Waals surface area (Å²) in [5, 5.41) is 24.2. The molecule has 0 saturated heterocycles. The molecule has 84 valence electrons. The molecule has 0 heterocycles. The summed E-state index contributed by atoms with van der Waals surface area (Å²) in [7, 11) is 0. The summed E-state index contributed by atoms with van der Waals surface area (Å²) < 4.78 is 0. The van der Waals surface area contributed by atoms with Crippen molar-refractivity contribution in [3.05, 3.63) is 0 Å². The van der Waals surface area contributed by atoms with Crippen molar-refractivity contribution in [1.82, 2.24) is 0 Å². The number of aliphatic hydroxyl groups excluding tert-OH is 3. The normalized spacial score (nSPS) is 8.31. The van der Waals surface area contributed by atoms with Crippen LogP contribution in [0.4, 0.5) is 0 Å². The molecule has 3 nitrogen and oxygen atoms in total. The zero-order chi connectivity index (χ0) is 10.7. The van der Waals surface area contributed by atoms with Crippen LogP contribution in [0, 0.1) is 0 Å². The van der Waals surface area contributed by atoms with Gasteiger partial charge in [-0.1, -0.05) is 0 Å². The Morgan fingerprint density at radius 1 is 0.538 bits per heavy atom. The van der Waals surface area contributed by atoms with Gasteiger partial charge in [0.05, 0.1) is 0 Å². The Bertz CT molecular complexity index is 43.4. The van der Waals surface area contributed by atoms with Crippen LogP contribution in [0.2, 0.25) is 0 Å².